The normalized spacial score (nSPS) is 18.8. The van der Waals surface area contributed by atoms with Crippen molar-refractivity contribution in [2.24, 2.45) is 5.92 Å². The molecule has 0 N–H and O–H groups in total. The molecule has 34 heavy (non-hydrogen) atoms. The molecule has 0 spiro atoms. The Morgan fingerprint density at radius 2 is 1.56 bits per heavy atom. The second-order valence-corrected chi connectivity index (χ2v) is 10.7. The lowest BCUT2D eigenvalue weighted by molar-refractivity contribution is -0.138. The molecule has 0 atom stereocenters. The van der Waals surface area contributed by atoms with E-state index < -0.39 is 21.8 Å². The van der Waals surface area contributed by atoms with E-state index in [1.807, 2.05) is 17.0 Å². The van der Waals surface area contributed by atoms with Gasteiger partial charge in [0.15, 0.2) is 0 Å². The molecule has 184 valence electrons. The highest BCUT2D eigenvalue weighted by atomic mass is 32.2. The number of piperazine rings is 1. The zero-order valence-electron chi connectivity index (χ0n) is 19.0. The lowest BCUT2D eigenvalue weighted by Crippen LogP contribution is -2.52. The fraction of sp³-hybridized carbons (Fsp3) is 0.458. The van der Waals surface area contributed by atoms with Gasteiger partial charge in [-0.05, 0) is 49.6 Å². The predicted octanol–water partition coefficient (Wildman–Crippen LogP) is 3.76. The second kappa shape index (κ2) is 9.58. The highest BCUT2D eigenvalue weighted by molar-refractivity contribution is 7.89. The molecule has 0 aromatic heterocycles. The van der Waals surface area contributed by atoms with E-state index in [-0.39, 0.29) is 29.8 Å². The van der Waals surface area contributed by atoms with Gasteiger partial charge in [0.25, 0.3) is 0 Å². The van der Waals surface area contributed by atoms with Gasteiger partial charge in [-0.1, -0.05) is 24.3 Å². The lowest BCUT2D eigenvalue weighted by Gasteiger charge is -2.39. The Hall–Kier alpha value is -2.59. The fourth-order valence-electron chi connectivity index (χ4n) is 4.67. The number of anilines is 1. The van der Waals surface area contributed by atoms with Crippen molar-refractivity contribution >= 4 is 21.6 Å². The number of carbonyl (C=O) groups excluding carboxylic acids is 1. The molecule has 0 bridgehead atoms. The largest absolute Gasteiger partial charge is 0.416 e. The second-order valence-electron chi connectivity index (χ2n) is 8.80. The van der Waals surface area contributed by atoms with Crippen LogP contribution in [0.25, 0.3) is 0 Å². The standard InChI is InChI=1S/C24H28F3N3O3S/c1-18-5-2-3-8-22(18)28-13-15-29(16-14-28)23(31)19-9-11-30(12-10-19)34(32,33)21-7-4-6-20(17-21)24(25,26)27/h2-8,17,19H,9-16H2,1H3. The van der Waals surface area contributed by atoms with E-state index in [9.17, 15) is 26.4 Å². The van der Waals surface area contributed by atoms with Crippen molar-refractivity contribution in [2.45, 2.75) is 30.8 Å². The van der Waals surface area contributed by atoms with Gasteiger partial charge in [0.05, 0.1) is 10.5 Å². The summed E-state index contributed by atoms with van der Waals surface area (Å²) in [6.45, 7) is 4.97. The maximum absolute atomic E-state index is 13.1. The molecule has 2 fully saturated rings. The molecule has 0 aliphatic carbocycles. The van der Waals surface area contributed by atoms with Crippen LogP contribution in [0.2, 0.25) is 0 Å². The van der Waals surface area contributed by atoms with Crippen molar-refractivity contribution < 1.29 is 26.4 Å². The number of piperidine rings is 1. The number of sulfonamides is 1. The maximum atomic E-state index is 13.1. The topological polar surface area (TPSA) is 60.9 Å². The van der Waals surface area contributed by atoms with Gasteiger partial charge in [-0.2, -0.15) is 17.5 Å². The minimum Gasteiger partial charge on any atom is -0.368 e. The summed E-state index contributed by atoms with van der Waals surface area (Å²) >= 11 is 0. The van der Waals surface area contributed by atoms with Gasteiger partial charge in [0.1, 0.15) is 0 Å². The summed E-state index contributed by atoms with van der Waals surface area (Å²) in [5.74, 6) is -0.251. The zero-order chi connectivity index (χ0) is 24.5. The van der Waals surface area contributed by atoms with Gasteiger partial charge < -0.3 is 9.80 Å². The van der Waals surface area contributed by atoms with Gasteiger partial charge in [0.2, 0.25) is 15.9 Å². The summed E-state index contributed by atoms with van der Waals surface area (Å²) < 4.78 is 66.0. The van der Waals surface area contributed by atoms with E-state index >= 15 is 0 Å². The van der Waals surface area contributed by atoms with E-state index in [4.69, 9.17) is 0 Å². The highest BCUT2D eigenvalue weighted by Crippen LogP contribution is 2.32. The van der Waals surface area contributed by atoms with Crippen LogP contribution in [0.5, 0.6) is 0 Å². The van der Waals surface area contributed by atoms with Crippen LogP contribution < -0.4 is 4.90 Å². The maximum Gasteiger partial charge on any atom is 0.416 e. The molecule has 0 radical (unpaired) electrons. The number of rotatable bonds is 4. The first kappa shape index (κ1) is 24.5. The first-order chi connectivity index (χ1) is 16.1. The number of nitrogens with zero attached hydrogens (tertiary/aromatic N) is 3. The minimum atomic E-state index is -4.62. The lowest BCUT2D eigenvalue weighted by atomic mass is 9.96. The summed E-state index contributed by atoms with van der Waals surface area (Å²) in [6, 6.07) is 11.9. The van der Waals surface area contributed by atoms with Crippen LogP contribution in [0.3, 0.4) is 0 Å². The van der Waals surface area contributed by atoms with Crippen molar-refractivity contribution in [1.29, 1.82) is 0 Å². The molecule has 6 nitrogen and oxygen atoms in total. The van der Waals surface area contributed by atoms with E-state index in [0.717, 1.165) is 25.2 Å². The molecule has 0 unspecified atom stereocenters. The number of amides is 1. The number of hydrogen-bond donors (Lipinski definition) is 0. The highest BCUT2D eigenvalue weighted by Gasteiger charge is 2.36. The molecule has 2 aliphatic heterocycles. The van der Waals surface area contributed by atoms with Crippen molar-refractivity contribution in [2.75, 3.05) is 44.2 Å². The van der Waals surface area contributed by atoms with Crippen LogP contribution in [0.1, 0.15) is 24.0 Å². The molecule has 2 heterocycles. The number of hydrogen-bond acceptors (Lipinski definition) is 4. The van der Waals surface area contributed by atoms with Crippen LogP contribution in [0, 0.1) is 12.8 Å². The van der Waals surface area contributed by atoms with Crippen LogP contribution in [-0.4, -0.2) is 62.8 Å². The third-order valence-electron chi connectivity index (χ3n) is 6.65. The number of carbonyl (C=O) groups is 1. The molecular formula is C24H28F3N3O3S. The molecule has 4 rings (SSSR count). The molecule has 1 amide bonds. The smallest absolute Gasteiger partial charge is 0.368 e. The summed E-state index contributed by atoms with van der Waals surface area (Å²) in [6.07, 6.45) is -3.90. The molecule has 2 aromatic rings. The average molecular weight is 496 g/mol. The van der Waals surface area contributed by atoms with Crippen LogP contribution in [0.4, 0.5) is 18.9 Å². The van der Waals surface area contributed by atoms with Crippen molar-refractivity contribution in [1.82, 2.24) is 9.21 Å². The Labute approximate surface area is 198 Å². The van der Waals surface area contributed by atoms with Crippen molar-refractivity contribution in [3.63, 3.8) is 0 Å². The Morgan fingerprint density at radius 3 is 2.18 bits per heavy atom. The number of para-hydroxylation sites is 1. The van der Waals surface area contributed by atoms with Gasteiger partial charge in [-0.25, -0.2) is 8.42 Å². The van der Waals surface area contributed by atoms with Crippen LogP contribution in [0.15, 0.2) is 53.4 Å². The van der Waals surface area contributed by atoms with Crippen LogP contribution in [-0.2, 0) is 21.0 Å². The number of benzene rings is 2. The number of aryl methyl sites for hydroxylation is 1. The zero-order valence-corrected chi connectivity index (χ0v) is 19.8. The summed E-state index contributed by atoms with van der Waals surface area (Å²) in [5, 5.41) is 0. The Balaban J connectivity index is 1.34. The summed E-state index contributed by atoms with van der Waals surface area (Å²) in [4.78, 5) is 16.8. The molecule has 0 saturated carbocycles. The molecule has 2 aliphatic rings. The molecular weight excluding hydrogens is 467 g/mol. The Bertz CT molecular complexity index is 1140. The third-order valence-corrected chi connectivity index (χ3v) is 8.54. The fourth-order valence-corrected chi connectivity index (χ4v) is 6.19. The first-order valence-corrected chi connectivity index (χ1v) is 12.8. The van der Waals surface area contributed by atoms with Crippen molar-refractivity contribution in [3.05, 3.63) is 59.7 Å². The molecule has 2 aromatic carbocycles. The summed E-state index contributed by atoms with van der Waals surface area (Å²) in [7, 11) is -4.06. The Morgan fingerprint density at radius 1 is 0.912 bits per heavy atom. The van der Waals surface area contributed by atoms with Crippen LogP contribution >= 0.6 is 0 Å². The van der Waals surface area contributed by atoms with E-state index in [0.29, 0.717) is 32.0 Å². The number of alkyl halides is 3. The van der Waals surface area contributed by atoms with Crippen molar-refractivity contribution in [3.8, 4) is 0 Å². The average Bonchev–Trinajstić information content (AvgIpc) is 2.84. The predicted molar refractivity (Wildman–Crippen MR) is 123 cm³/mol. The van der Waals surface area contributed by atoms with E-state index in [1.54, 1.807) is 0 Å². The minimum absolute atomic E-state index is 0.0283. The van der Waals surface area contributed by atoms with Gasteiger partial charge in [-0.15, -0.1) is 0 Å². The van der Waals surface area contributed by atoms with Gasteiger partial charge in [-0.3, -0.25) is 4.79 Å². The van der Waals surface area contributed by atoms with Gasteiger partial charge in [0, 0.05) is 50.9 Å². The SMILES string of the molecule is Cc1ccccc1N1CCN(C(=O)C2CCN(S(=O)(=O)c3cccc(C(F)(F)F)c3)CC2)CC1. The Kier molecular flexibility index (Phi) is 6.91. The quantitative estimate of drug-likeness (QED) is 0.648. The van der Waals surface area contributed by atoms with Gasteiger partial charge >= 0.3 is 6.18 Å². The third kappa shape index (κ3) is 5.07. The van der Waals surface area contributed by atoms with E-state index in [2.05, 4.69) is 24.0 Å². The van der Waals surface area contributed by atoms with E-state index in [1.165, 1.54) is 21.6 Å². The number of halogens is 3. The molecule has 2 saturated heterocycles. The molecule has 10 heteroatoms. The summed E-state index contributed by atoms with van der Waals surface area (Å²) in [5.41, 5.74) is 1.36. The first-order valence-electron chi connectivity index (χ1n) is 11.3. The monoisotopic (exact) mass is 495 g/mol.